The van der Waals surface area contributed by atoms with Crippen molar-refractivity contribution in [2.24, 2.45) is 0 Å². The second kappa shape index (κ2) is 21.1. The Morgan fingerprint density at radius 1 is 0.525 bits per heavy atom. The second-order valence-electron chi connectivity index (χ2n) is 10.2. The van der Waals surface area contributed by atoms with E-state index in [1.165, 1.54) is 57.8 Å². The van der Waals surface area contributed by atoms with Crippen molar-refractivity contribution in [1.29, 1.82) is 0 Å². The van der Waals surface area contributed by atoms with Gasteiger partial charge >= 0.3 is 18.2 Å². The highest BCUT2D eigenvalue weighted by Gasteiger charge is 2.21. The number of carbonyl (C=O) groups is 2. The van der Waals surface area contributed by atoms with Gasteiger partial charge in [-0.05, 0) is 54.7 Å². The highest BCUT2D eigenvalue weighted by atomic mass is 17.3. The van der Waals surface area contributed by atoms with E-state index in [9.17, 15) is 9.59 Å². The van der Waals surface area contributed by atoms with Gasteiger partial charge in [-0.2, -0.15) is 0 Å². The molecule has 0 aliphatic carbocycles. The number of aryl methyl sites for hydroxylation is 2. The number of rotatable bonds is 22. The van der Waals surface area contributed by atoms with E-state index in [4.69, 9.17) is 19.6 Å². The molecule has 40 heavy (non-hydrogen) atoms. The Bertz CT molecular complexity index is 874. The summed E-state index contributed by atoms with van der Waals surface area (Å²) in [5.41, 5.74) is 2.96. The van der Waals surface area contributed by atoms with Gasteiger partial charge < -0.3 is 0 Å². The van der Waals surface area contributed by atoms with Crippen LogP contribution in [0.5, 0.6) is 0 Å². The smallest absolute Gasteiger partial charge is 0.289 e. The molecule has 2 rings (SSSR count). The van der Waals surface area contributed by atoms with E-state index in [0.29, 0.717) is 17.5 Å². The number of carbonyl (C=O) groups excluding carboxylic acids is 2. The van der Waals surface area contributed by atoms with E-state index in [-0.39, 0.29) is 6.29 Å². The van der Waals surface area contributed by atoms with Crippen molar-refractivity contribution in [1.82, 2.24) is 0 Å². The molecule has 0 aliphatic rings. The summed E-state index contributed by atoms with van der Waals surface area (Å²) in [5, 5.41) is 0. The maximum absolute atomic E-state index is 12.4. The Hall–Kier alpha value is -2.70. The maximum Gasteiger partial charge on any atom is 0.373 e. The second-order valence-corrected chi connectivity index (χ2v) is 10.2. The van der Waals surface area contributed by atoms with Crippen molar-refractivity contribution in [3.05, 3.63) is 84.0 Å². The molecular formula is C34H48O6. The summed E-state index contributed by atoms with van der Waals surface area (Å²) in [5.74, 6) is -1.29. The Balaban J connectivity index is 1.73. The third-order valence-electron chi connectivity index (χ3n) is 7.00. The molecule has 2 aromatic carbocycles. The Morgan fingerprint density at radius 3 is 1.23 bits per heavy atom. The lowest BCUT2D eigenvalue weighted by Gasteiger charge is -2.14. The highest BCUT2D eigenvalue weighted by molar-refractivity contribution is 5.89. The van der Waals surface area contributed by atoms with Crippen LogP contribution in [0, 0.1) is 13.2 Å². The lowest BCUT2D eigenvalue weighted by molar-refractivity contribution is -0.363. The summed E-state index contributed by atoms with van der Waals surface area (Å²) < 4.78 is 0. The predicted octanol–water partition coefficient (Wildman–Crippen LogP) is 9.47. The summed E-state index contributed by atoms with van der Waals surface area (Å²) in [7, 11) is 0. The van der Waals surface area contributed by atoms with E-state index in [0.717, 1.165) is 49.7 Å². The molecule has 0 aromatic heterocycles. The zero-order valence-corrected chi connectivity index (χ0v) is 24.6. The third kappa shape index (κ3) is 14.1. The average molecular weight is 553 g/mol. The molecule has 0 spiro atoms. The maximum atomic E-state index is 12.4. The number of hydrogen-bond donors (Lipinski definition) is 0. The van der Waals surface area contributed by atoms with Crippen LogP contribution in [0.25, 0.3) is 0 Å². The highest BCUT2D eigenvalue weighted by Crippen LogP contribution is 2.20. The molecule has 0 saturated heterocycles. The standard InChI is InChI=1S/C34H48O6/c1-4-7-8-9-10-11-12-13-14-15-16-17-18-19-32(37-39-33(35)30-24-20-28(5-2)21-25-30)38-40-34(36)31-26-22-29(6-3)23-27-31/h20-27H,1,4-19H2,2-3H3. The minimum atomic E-state index is -0.646. The first-order valence-electron chi connectivity index (χ1n) is 15.2. The lowest BCUT2D eigenvalue weighted by Crippen LogP contribution is -2.16. The fraction of sp³-hybridized carbons (Fsp3) is 0.529. The SMILES string of the molecule is [CH2]CCCCCCCCCCCCCC[C](OOC(=O)c1ccc(CC)cc1)OOC(=O)c1ccc(CC)cc1. The van der Waals surface area contributed by atoms with Crippen molar-refractivity contribution < 1.29 is 29.1 Å². The number of unbranched alkanes of at least 4 members (excludes halogenated alkanes) is 12. The molecule has 2 aromatic rings. The average Bonchev–Trinajstić information content (AvgIpc) is 3.00. The molecule has 2 radical (unpaired) electrons. The first-order chi connectivity index (χ1) is 19.6. The number of benzene rings is 2. The monoisotopic (exact) mass is 552 g/mol. The van der Waals surface area contributed by atoms with Gasteiger partial charge in [0.15, 0.2) is 0 Å². The van der Waals surface area contributed by atoms with Gasteiger partial charge in [-0.3, -0.25) is 9.78 Å². The zero-order valence-electron chi connectivity index (χ0n) is 24.6. The van der Waals surface area contributed by atoms with Crippen LogP contribution in [0.2, 0.25) is 0 Å². The van der Waals surface area contributed by atoms with Gasteiger partial charge in [0, 0.05) is 6.42 Å². The van der Waals surface area contributed by atoms with Crippen LogP contribution >= 0.6 is 0 Å². The van der Waals surface area contributed by atoms with Crippen molar-refractivity contribution in [2.45, 2.75) is 117 Å². The van der Waals surface area contributed by atoms with Crippen LogP contribution < -0.4 is 0 Å². The van der Waals surface area contributed by atoms with Crippen molar-refractivity contribution in [3.63, 3.8) is 0 Å². The predicted molar refractivity (Wildman–Crippen MR) is 158 cm³/mol. The zero-order chi connectivity index (χ0) is 28.8. The molecule has 0 fully saturated rings. The van der Waals surface area contributed by atoms with Crippen LogP contribution in [-0.2, 0) is 32.4 Å². The summed E-state index contributed by atoms with van der Waals surface area (Å²) >= 11 is 0. The van der Waals surface area contributed by atoms with E-state index in [2.05, 4.69) is 6.92 Å². The molecular weight excluding hydrogens is 504 g/mol. The van der Waals surface area contributed by atoms with Crippen LogP contribution in [0.1, 0.15) is 136 Å². The van der Waals surface area contributed by atoms with E-state index >= 15 is 0 Å². The van der Waals surface area contributed by atoms with Crippen molar-refractivity contribution in [3.8, 4) is 0 Å². The fourth-order valence-corrected chi connectivity index (χ4v) is 4.33. The summed E-state index contributed by atoms with van der Waals surface area (Å²) in [6, 6.07) is 14.2. The van der Waals surface area contributed by atoms with Gasteiger partial charge in [-0.15, -0.1) is 9.78 Å². The molecule has 0 amide bonds. The topological polar surface area (TPSA) is 71.1 Å². The molecule has 0 N–H and O–H groups in total. The van der Waals surface area contributed by atoms with Crippen LogP contribution in [0.15, 0.2) is 48.5 Å². The molecule has 6 nitrogen and oxygen atoms in total. The van der Waals surface area contributed by atoms with Gasteiger partial charge in [0.25, 0.3) is 0 Å². The van der Waals surface area contributed by atoms with E-state index in [1.54, 1.807) is 24.3 Å². The van der Waals surface area contributed by atoms with Gasteiger partial charge in [-0.1, -0.05) is 122 Å². The first kappa shape index (κ1) is 33.5. The summed E-state index contributed by atoms with van der Waals surface area (Å²) in [4.78, 5) is 45.3. The normalized spacial score (nSPS) is 11.1. The molecule has 0 atom stereocenters. The molecule has 0 bridgehead atoms. The van der Waals surface area contributed by atoms with E-state index in [1.807, 2.05) is 38.1 Å². The minimum absolute atomic E-state index is 0.0593. The Kier molecular flexibility index (Phi) is 17.7. The molecule has 0 saturated carbocycles. The van der Waals surface area contributed by atoms with Gasteiger partial charge in [0.2, 0.25) is 0 Å². The molecule has 220 valence electrons. The van der Waals surface area contributed by atoms with Gasteiger partial charge in [0.05, 0.1) is 11.1 Å². The Labute approximate surface area is 241 Å². The largest absolute Gasteiger partial charge is 0.373 e. The van der Waals surface area contributed by atoms with Gasteiger partial charge in [-0.25, -0.2) is 9.59 Å². The molecule has 0 aliphatic heterocycles. The molecule has 6 heteroatoms. The van der Waals surface area contributed by atoms with Crippen molar-refractivity contribution >= 4 is 11.9 Å². The van der Waals surface area contributed by atoms with E-state index < -0.39 is 11.9 Å². The summed E-state index contributed by atoms with van der Waals surface area (Å²) in [6.45, 7) is 7.98. The fourth-order valence-electron chi connectivity index (χ4n) is 4.33. The lowest BCUT2D eigenvalue weighted by atomic mass is 10.0. The first-order valence-corrected chi connectivity index (χ1v) is 15.2. The third-order valence-corrected chi connectivity index (χ3v) is 7.00. The van der Waals surface area contributed by atoms with Crippen LogP contribution in [0.3, 0.4) is 0 Å². The minimum Gasteiger partial charge on any atom is -0.289 e. The van der Waals surface area contributed by atoms with Crippen LogP contribution in [-0.4, -0.2) is 11.9 Å². The summed E-state index contributed by atoms with van der Waals surface area (Å²) in [6.07, 6.45) is 17.5. The molecule has 0 unspecified atom stereocenters. The van der Waals surface area contributed by atoms with Crippen molar-refractivity contribution in [2.75, 3.05) is 0 Å². The van der Waals surface area contributed by atoms with Gasteiger partial charge in [0.1, 0.15) is 0 Å². The Morgan fingerprint density at radius 2 is 0.875 bits per heavy atom. The quantitative estimate of drug-likeness (QED) is 0.0823. The number of hydrogen-bond acceptors (Lipinski definition) is 6. The molecule has 0 heterocycles. The van der Waals surface area contributed by atoms with Crippen LogP contribution in [0.4, 0.5) is 0 Å².